The number of nitrogens with zero attached hydrogens (tertiary/aromatic N) is 1. The van der Waals surface area contributed by atoms with Crippen molar-refractivity contribution in [2.45, 2.75) is 45.8 Å². The number of fused-ring (bicyclic) bond motifs is 1. The molecule has 2 rings (SSSR count). The lowest BCUT2D eigenvalue weighted by atomic mass is 10.1. The molecule has 1 aliphatic rings. The molecule has 1 aliphatic heterocycles. The third-order valence-electron chi connectivity index (χ3n) is 3.62. The van der Waals surface area contributed by atoms with Gasteiger partial charge in [-0.1, -0.05) is 26.0 Å². The van der Waals surface area contributed by atoms with Crippen molar-refractivity contribution in [2.75, 3.05) is 11.9 Å². The van der Waals surface area contributed by atoms with Gasteiger partial charge in [-0.25, -0.2) is 0 Å². The number of carbonyl (C=O) groups excluding carboxylic acids is 1. The zero-order valence-corrected chi connectivity index (χ0v) is 11.8. The normalized spacial score (nSPS) is 16.2. The van der Waals surface area contributed by atoms with Gasteiger partial charge in [-0.15, -0.1) is 0 Å². The molecule has 0 unspecified atom stereocenters. The fraction of sp³-hybridized carbons (Fsp3) is 0.533. The Balaban J connectivity index is 2.12. The van der Waals surface area contributed by atoms with E-state index in [9.17, 15) is 4.79 Å². The number of carbonyl (C=O) groups is 1. The van der Waals surface area contributed by atoms with Crippen molar-refractivity contribution in [1.29, 1.82) is 0 Å². The van der Waals surface area contributed by atoms with Gasteiger partial charge in [0.1, 0.15) is 0 Å². The standard InChI is InChI=1S/C15H23N3O/c1-3-8-18-9-11-6-5-7-14(12(11)10-18)17-15(19)13(16)4-2/h5-7,13H,3-4,8-10,16H2,1-2H3,(H,17,19)/t13-/m0/s1. The summed E-state index contributed by atoms with van der Waals surface area (Å²) in [5, 5.41) is 2.97. The first-order valence-electron chi connectivity index (χ1n) is 7.05. The highest BCUT2D eigenvalue weighted by Crippen LogP contribution is 2.29. The highest BCUT2D eigenvalue weighted by Gasteiger charge is 2.22. The van der Waals surface area contributed by atoms with Crippen molar-refractivity contribution in [1.82, 2.24) is 4.90 Å². The molecule has 19 heavy (non-hydrogen) atoms. The summed E-state index contributed by atoms with van der Waals surface area (Å²) in [6.45, 7) is 7.10. The van der Waals surface area contributed by atoms with E-state index in [1.165, 1.54) is 11.1 Å². The molecule has 1 atom stereocenters. The van der Waals surface area contributed by atoms with Gasteiger partial charge >= 0.3 is 0 Å². The molecule has 1 aromatic carbocycles. The molecule has 1 amide bonds. The minimum absolute atomic E-state index is 0.0927. The summed E-state index contributed by atoms with van der Waals surface area (Å²) in [6.07, 6.45) is 1.80. The molecule has 0 aliphatic carbocycles. The second-order valence-corrected chi connectivity index (χ2v) is 5.16. The van der Waals surface area contributed by atoms with Crippen LogP contribution in [0.5, 0.6) is 0 Å². The molecule has 4 heteroatoms. The van der Waals surface area contributed by atoms with Crippen LogP contribution >= 0.6 is 0 Å². The number of hydrogen-bond acceptors (Lipinski definition) is 3. The Morgan fingerprint density at radius 2 is 2.21 bits per heavy atom. The number of nitrogens with two attached hydrogens (primary N) is 1. The highest BCUT2D eigenvalue weighted by molar-refractivity contribution is 5.95. The lowest BCUT2D eigenvalue weighted by molar-refractivity contribution is -0.117. The van der Waals surface area contributed by atoms with Crippen molar-refractivity contribution in [3.8, 4) is 0 Å². The first-order chi connectivity index (χ1) is 9.15. The summed E-state index contributed by atoms with van der Waals surface area (Å²) < 4.78 is 0. The molecule has 0 aromatic heterocycles. The average Bonchev–Trinajstić information content (AvgIpc) is 2.81. The van der Waals surface area contributed by atoms with Crippen LogP contribution in [0.1, 0.15) is 37.8 Å². The summed E-state index contributed by atoms with van der Waals surface area (Å²) in [6, 6.07) is 5.68. The second-order valence-electron chi connectivity index (χ2n) is 5.16. The molecule has 0 spiro atoms. The van der Waals surface area contributed by atoms with Crippen molar-refractivity contribution >= 4 is 11.6 Å². The Morgan fingerprint density at radius 1 is 1.42 bits per heavy atom. The van der Waals surface area contributed by atoms with Crippen LogP contribution in [-0.4, -0.2) is 23.4 Å². The summed E-state index contributed by atoms with van der Waals surface area (Å²) >= 11 is 0. The highest BCUT2D eigenvalue weighted by atomic mass is 16.2. The lowest BCUT2D eigenvalue weighted by Crippen LogP contribution is -2.35. The maximum Gasteiger partial charge on any atom is 0.241 e. The van der Waals surface area contributed by atoms with Crippen LogP contribution < -0.4 is 11.1 Å². The third kappa shape index (κ3) is 3.14. The van der Waals surface area contributed by atoms with E-state index in [0.29, 0.717) is 6.42 Å². The summed E-state index contributed by atoms with van der Waals surface area (Å²) in [5.41, 5.74) is 9.24. The predicted molar refractivity (Wildman–Crippen MR) is 77.7 cm³/mol. The van der Waals surface area contributed by atoms with Gasteiger partial charge in [0, 0.05) is 18.8 Å². The number of benzene rings is 1. The molecule has 104 valence electrons. The van der Waals surface area contributed by atoms with E-state index in [-0.39, 0.29) is 5.91 Å². The van der Waals surface area contributed by atoms with E-state index in [1.54, 1.807) is 0 Å². The number of amides is 1. The smallest absolute Gasteiger partial charge is 0.241 e. The van der Waals surface area contributed by atoms with E-state index in [1.807, 2.05) is 19.1 Å². The van der Waals surface area contributed by atoms with Crippen LogP contribution in [0.4, 0.5) is 5.69 Å². The topological polar surface area (TPSA) is 58.4 Å². The SMILES string of the molecule is CCCN1Cc2cccc(NC(=O)[C@@H](N)CC)c2C1. The Bertz CT molecular complexity index is 459. The van der Waals surface area contributed by atoms with E-state index in [0.717, 1.165) is 31.7 Å². The Morgan fingerprint density at radius 3 is 2.89 bits per heavy atom. The zero-order valence-electron chi connectivity index (χ0n) is 11.8. The molecule has 4 nitrogen and oxygen atoms in total. The minimum atomic E-state index is -0.427. The number of anilines is 1. The fourth-order valence-corrected chi connectivity index (χ4v) is 2.49. The molecule has 0 saturated heterocycles. The van der Waals surface area contributed by atoms with E-state index < -0.39 is 6.04 Å². The van der Waals surface area contributed by atoms with E-state index in [4.69, 9.17) is 5.73 Å². The van der Waals surface area contributed by atoms with Gasteiger partial charge in [-0.2, -0.15) is 0 Å². The van der Waals surface area contributed by atoms with Gasteiger partial charge in [0.05, 0.1) is 6.04 Å². The van der Waals surface area contributed by atoms with Crippen LogP contribution in [0.3, 0.4) is 0 Å². The van der Waals surface area contributed by atoms with Crippen LogP contribution in [0.25, 0.3) is 0 Å². The van der Waals surface area contributed by atoms with Gasteiger partial charge in [0.2, 0.25) is 5.91 Å². The van der Waals surface area contributed by atoms with Gasteiger partial charge < -0.3 is 11.1 Å². The Kier molecular flexibility index (Phi) is 4.56. The van der Waals surface area contributed by atoms with Gasteiger partial charge in [0.25, 0.3) is 0 Å². The molecule has 0 radical (unpaired) electrons. The van der Waals surface area contributed by atoms with Crippen molar-refractivity contribution < 1.29 is 4.79 Å². The maximum absolute atomic E-state index is 11.9. The molecule has 1 aromatic rings. The molecular formula is C15H23N3O. The Labute approximate surface area is 115 Å². The molecule has 0 saturated carbocycles. The van der Waals surface area contributed by atoms with Crippen molar-refractivity contribution in [3.05, 3.63) is 29.3 Å². The van der Waals surface area contributed by atoms with Gasteiger partial charge in [-0.3, -0.25) is 9.69 Å². The van der Waals surface area contributed by atoms with Crippen LogP contribution in [0.2, 0.25) is 0 Å². The summed E-state index contributed by atoms with van der Waals surface area (Å²) in [5.74, 6) is -0.0927. The van der Waals surface area contributed by atoms with E-state index in [2.05, 4.69) is 23.2 Å². The molecule has 0 fully saturated rings. The van der Waals surface area contributed by atoms with E-state index >= 15 is 0 Å². The number of hydrogen-bond donors (Lipinski definition) is 2. The molecule has 1 heterocycles. The van der Waals surface area contributed by atoms with Gasteiger partial charge in [-0.05, 0) is 36.6 Å². The summed E-state index contributed by atoms with van der Waals surface area (Å²) in [7, 11) is 0. The van der Waals surface area contributed by atoms with Crippen LogP contribution in [0.15, 0.2) is 18.2 Å². The number of nitrogens with one attached hydrogen (secondary N) is 1. The summed E-state index contributed by atoms with van der Waals surface area (Å²) in [4.78, 5) is 14.3. The maximum atomic E-state index is 11.9. The molecule has 3 N–H and O–H groups in total. The first-order valence-corrected chi connectivity index (χ1v) is 7.05. The largest absolute Gasteiger partial charge is 0.324 e. The van der Waals surface area contributed by atoms with Gasteiger partial charge in [0.15, 0.2) is 0 Å². The zero-order chi connectivity index (χ0) is 13.8. The quantitative estimate of drug-likeness (QED) is 0.853. The predicted octanol–water partition coefficient (Wildman–Crippen LogP) is 2.09. The first kappa shape index (κ1) is 14.0. The Hall–Kier alpha value is -1.39. The fourth-order valence-electron chi connectivity index (χ4n) is 2.49. The monoisotopic (exact) mass is 261 g/mol. The van der Waals surface area contributed by atoms with Crippen molar-refractivity contribution in [2.24, 2.45) is 5.73 Å². The average molecular weight is 261 g/mol. The number of rotatable bonds is 5. The molecular weight excluding hydrogens is 238 g/mol. The minimum Gasteiger partial charge on any atom is -0.324 e. The van der Waals surface area contributed by atoms with Crippen LogP contribution in [0, 0.1) is 0 Å². The second kappa shape index (κ2) is 6.17. The molecule has 0 bridgehead atoms. The third-order valence-corrected chi connectivity index (χ3v) is 3.62. The lowest BCUT2D eigenvalue weighted by Gasteiger charge is -2.14. The van der Waals surface area contributed by atoms with Crippen molar-refractivity contribution in [3.63, 3.8) is 0 Å². The van der Waals surface area contributed by atoms with Crippen LogP contribution in [-0.2, 0) is 17.9 Å².